The van der Waals surface area contributed by atoms with Crippen LogP contribution in [-0.2, 0) is 0 Å². The van der Waals surface area contributed by atoms with Gasteiger partial charge in [-0.05, 0) is 102 Å². The fourth-order valence-corrected chi connectivity index (χ4v) is 8.95. The summed E-state index contributed by atoms with van der Waals surface area (Å²) in [5, 5.41) is 20.4. The fourth-order valence-electron chi connectivity index (χ4n) is 8.95. The lowest BCUT2D eigenvalue weighted by Gasteiger charge is -2.25. The number of hydrogen-bond donors (Lipinski definition) is 1. The van der Waals surface area contributed by atoms with Crippen LogP contribution in [-0.4, -0.2) is 5.11 Å². The molecule has 0 saturated heterocycles. The Hall–Kier alpha value is -6.90. The van der Waals surface area contributed by atoms with Gasteiger partial charge in [-0.1, -0.05) is 158 Å². The summed E-state index contributed by atoms with van der Waals surface area (Å²) in [6, 6.07) is 51.4. The molecule has 8 aromatic carbocycles. The average Bonchev–Trinajstić information content (AvgIpc) is 3.61. The van der Waals surface area contributed by atoms with E-state index in [2.05, 4.69) is 146 Å². The van der Waals surface area contributed by atoms with Gasteiger partial charge in [-0.25, -0.2) is 0 Å². The van der Waals surface area contributed by atoms with Crippen molar-refractivity contribution in [1.29, 1.82) is 0 Å². The van der Waals surface area contributed by atoms with E-state index in [9.17, 15) is 5.11 Å². The largest absolute Gasteiger partial charge is 0.507 e. The molecule has 2 aliphatic carbocycles. The van der Waals surface area contributed by atoms with E-state index in [0.717, 1.165) is 55.8 Å². The van der Waals surface area contributed by atoms with Crippen LogP contribution in [0.3, 0.4) is 0 Å². The SMILES string of the molecule is Oc1c(-c2ccccc2)ccc2ccc3c4ccc(-c5cccc(-c6c7ccccc7c(C7=CC=C8C=CC=CC8C7)c7ccccc67)c5)cc4oc3c12. The number of benzene rings is 8. The summed E-state index contributed by atoms with van der Waals surface area (Å²) in [5.74, 6) is 0.648. The Morgan fingerprint density at radius 2 is 1.19 bits per heavy atom. The van der Waals surface area contributed by atoms with Crippen molar-refractivity contribution in [2.24, 2.45) is 5.92 Å². The quantitative estimate of drug-likeness (QED) is 0.187. The van der Waals surface area contributed by atoms with Gasteiger partial charge in [-0.2, -0.15) is 0 Å². The molecule has 1 unspecified atom stereocenters. The average molecular weight is 691 g/mol. The third kappa shape index (κ3) is 4.74. The van der Waals surface area contributed by atoms with Crippen LogP contribution < -0.4 is 0 Å². The van der Waals surface area contributed by atoms with E-state index in [1.165, 1.54) is 49.4 Å². The van der Waals surface area contributed by atoms with E-state index in [1.54, 1.807) is 0 Å². The minimum absolute atomic E-state index is 0.241. The van der Waals surface area contributed by atoms with Crippen LogP contribution >= 0.6 is 0 Å². The zero-order valence-electron chi connectivity index (χ0n) is 29.5. The molecule has 0 spiro atoms. The molecule has 11 rings (SSSR count). The summed E-state index contributed by atoms with van der Waals surface area (Å²) in [4.78, 5) is 0. The molecule has 0 radical (unpaired) electrons. The van der Waals surface area contributed by atoms with Crippen LogP contribution in [0.2, 0.25) is 0 Å². The summed E-state index contributed by atoms with van der Waals surface area (Å²) < 4.78 is 6.66. The summed E-state index contributed by atoms with van der Waals surface area (Å²) in [6.45, 7) is 0. The fraction of sp³-hybridized carbons (Fsp3) is 0.0385. The molecule has 1 heterocycles. The molecule has 0 bridgehead atoms. The molecule has 0 aliphatic heterocycles. The normalized spacial score (nSPS) is 15.3. The lowest BCUT2D eigenvalue weighted by atomic mass is 9.78. The monoisotopic (exact) mass is 690 g/mol. The van der Waals surface area contributed by atoms with Crippen molar-refractivity contribution in [2.45, 2.75) is 6.42 Å². The van der Waals surface area contributed by atoms with Gasteiger partial charge in [0.1, 0.15) is 16.9 Å². The molecule has 9 aromatic rings. The minimum atomic E-state index is 0.241. The minimum Gasteiger partial charge on any atom is -0.507 e. The standard InChI is InChI=1S/C52H34O2/c53-51-40(33-12-2-1-3-13-33)26-23-34-24-28-46-41-27-25-37(31-47(41)54-52(46)50(34)51)36-15-10-16-38(30-36)48-42-17-6-8-19-44(42)49(45-20-9-7-18-43(45)48)39-22-21-32-11-4-5-14-35(32)29-39/h1-28,30-31,35,53H,29H2. The molecule has 1 aromatic heterocycles. The Morgan fingerprint density at radius 1 is 0.519 bits per heavy atom. The lowest BCUT2D eigenvalue weighted by molar-refractivity contribution is 0.483. The number of rotatable bonds is 4. The first-order valence-corrected chi connectivity index (χ1v) is 18.7. The van der Waals surface area contributed by atoms with Crippen molar-refractivity contribution in [3.8, 4) is 39.1 Å². The van der Waals surface area contributed by atoms with E-state index in [0.29, 0.717) is 11.5 Å². The van der Waals surface area contributed by atoms with E-state index < -0.39 is 0 Å². The highest BCUT2D eigenvalue weighted by Gasteiger charge is 2.23. The topological polar surface area (TPSA) is 33.4 Å². The Labute approximate surface area is 312 Å². The summed E-state index contributed by atoms with van der Waals surface area (Å²) in [5.41, 5.74) is 12.0. The van der Waals surface area contributed by atoms with Gasteiger partial charge in [0, 0.05) is 22.3 Å². The molecule has 2 aliphatic rings. The molecule has 1 N–H and O–H groups in total. The van der Waals surface area contributed by atoms with Crippen molar-refractivity contribution in [3.05, 3.63) is 193 Å². The van der Waals surface area contributed by atoms with Crippen molar-refractivity contribution in [1.82, 2.24) is 0 Å². The Morgan fingerprint density at radius 3 is 1.98 bits per heavy atom. The molecule has 0 saturated carbocycles. The molecule has 54 heavy (non-hydrogen) atoms. The highest BCUT2D eigenvalue weighted by molar-refractivity contribution is 6.20. The number of fused-ring (bicyclic) bond motifs is 8. The van der Waals surface area contributed by atoms with E-state index in [-0.39, 0.29) is 5.75 Å². The Bertz CT molecular complexity index is 3080. The van der Waals surface area contributed by atoms with Crippen molar-refractivity contribution in [3.63, 3.8) is 0 Å². The molecule has 2 nitrogen and oxygen atoms in total. The maximum atomic E-state index is 11.6. The lowest BCUT2D eigenvalue weighted by Crippen LogP contribution is -2.07. The third-order valence-electron chi connectivity index (χ3n) is 11.5. The molecule has 1 atom stereocenters. The number of allylic oxidation sites excluding steroid dienone is 8. The predicted molar refractivity (Wildman–Crippen MR) is 227 cm³/mol. The van der Waals surface area contributed by atoms with E-state index >= 15 is 0 Å². The highest BCUT2D eigenvalue weighted by atomic mass is 16.3. The molecular formula is C52H34O2. The molecule has 2 heteroatoms. The predicted octanol–water partition coefficient (Wildman–Crippen LogP) is 14.2. The Balaban J connectivity index is 1.06. The van der Waals surface area contributed by atoms with Crippen molar-refractivity contribution < 1.29 is 9.52 Å². The van der Waals surface area contributed by atoms with Gasteiger partial charge in [-0.3, -0.25) is 0 Å². The molecule has 0 amide bonds. The van der Waals surface area contributed by atoms with E-state index in [1.807, 2.05) is 36.4 Å². The maximum Gasteiger partial charge on any atom is 0.146 e. The van der Waals surface area contributed by atoms with Gasteiger partial charge in [-0.15, -0.1) is 0 Å². The second-order valence-corrected chi connectivity index (χ2v) is 14.5. The maximum absolute atomic E-state index is 11.6. The van der Waals surface area contributed by atoms with Gasteiger partial charge in [0.2, 0.25) is 0 Å². The summed E-state index contributed by atoms with van der Waals surface area (Å²) >= 11 is 0. The zero-order valence-corrected chi connectivity index (χ0v) is 29.5. The molecule has 0 fully saturated rings. The van der Waals surface area contributed by atoms with Crippen LogP contribution in [0.1, 0.15) is 12.0 Å². The van der Waals surface area contributed by atoms with Crippen molar-refractivity contribution >= 4 is 59.8 Å². The third-order valence-corrected chi connectivity index (χ3v) is 11.5. The second-order valence-electron chi connectivity index (χ2n) is 14.5. The first kappa shape index (κ1) is 30.7. The number of hydrogen-bond acceptors (Lipinski definition) is 2. The van der Waals surface area contributed by atoms with Crippen LogP contribution in [0.4, 0.5) is 0 Å². The van der Waals surface area contributed by atoms with Crippen LogP contribution in [0.25, 0.3) is 93.2 Å². The first-order chi connectivity index (χ1) is 26.7. The van der Waals surface area contributed by atoms with Gasteiger partial charge >= 0.3 is 0 Å². The smallest absolute Gasteiger partial charge is 0.146 e. The second kappa shape index (κ2) is 12.1. The zero-order chi connectivity index (χ0) is 35.8. The number of aromatic hydroxyl groups is 1. The number of furan rings is 1. The van der Waals surface area contributed by atoms with E-state index in [4.69, 9.17) is 4.42 Å². The molecular weight excluding hydrogens is 657 g/mol. The van der Waals surface area contributed by atoms with Crippen LogP contribution in [0.15, 0.2) is 192 Å². The van der Waals surface area contributed by atoms with Crippen LogP contribution in [0.5, 0.6) is 5.75 Å². The van der Waals surface area contributed by atoms with Crippen molar-refractivity contribution in [2.75, 3.05) is 0 Å². The summed E-state index contributed by atoms with van der Waals surface area (Å²) in [6.07, 6.45) is 14.5. The number of phenols is 1. The Kier molecular flexibility index (Phi) is 6.87. The van der Waals surface area contributed by atoms with Gasteiger partial charge < -0.3 is 9.52 Å². The number of phenolic OH excluding ortho intramolecular Hbond substituents is 1. The summed E-state index contributed by atoms with van der Waals surface area (Å²) in [7, 11) is 0. The first-order valence-electron chi connectivity index (χ1n) is 18.7. The van der Waals surface area contributed by atoms with Gasteiger partial charge in [0.25, 0.3) is 0 Å². The molecule has 254 valence electrons. The van der Waals surface area contributed by atoms with Crippen LogP contribution in [0, 0.1) is 5.92 Å². The van der Waals surface area contributed by atoms with Gasteiger partial charge in [0.15, 0.2) is 0 Å². The van der Waals surface area contributed by atoms with Gasteiger partial charge in [0.05, 0.1) is 5.39 Å². The highest BCUT2D eigenvalue weighted by Crippen LogP contribution is 2.47.